The zero-order valence-electron chi connectivity index (χ0n) is 7.26. The highest BCUT2D eigenvalue weighted by Crippen LogP contribution is 2.26. The molecule has 0 saturated carbocycles. The van der Waals surface area contributed by atoms with E-state index in [0.717, 1.165) is 12.4 Å². The zero-order valence-corrected chi connectivity index (χ0v) is 7.26. The molecular formula is C8H5F3N4. The van der Waals surface area contributed by atoms with E-state index in [-0.39, 0.29) is 11.4 Å². The molecule has 2 aromatic rings. The summed E-state index contributed by atoms with van der Waals surface area (Å²) in [7, 11) is 0. The lowest BCUT2D eigenvalue weighted by Gasteiger charge is -2.04. The van der Waals surface area contributed by atoms with Crippen molar-refractivity contribution in [2.75, 3.05) is 5.73 Å². The number of rotatable bonds is 1. The minimum atomic E-state index is -1.62. The van der Waals surface area contributed by atoms with E-state index < -0.39 is 23.1 Å². The Morgan fingerprint density at radius 1 is 1.13 bits per heavy atom. The Balaban J connectivity index is 2.69. The van der Waals surface area contributed by atoms with Crippen LogP contribution in [0.3, 0.4) is 0 Å². The van der Waals surface area contributed by atoms with Gasteiger partial charge in [-0.25, -0.2) is 18.2 Å². The first-order valence-corrected chi connectivity index (χ1v) is 3.90. The Bertz CT molecular complexity index is 495. The molecular weight excluding hydrogens is 209 g/mol. The van der Waals surface area contributed by atoms with Crippen molar-refractivity contribution in [3.05, 3.63) is 29.8 Å². The molecule has 0 fully saturated rings. The lowest BCUT2D eigenvalue weighted by molar-refractivity contribution is 0.451. The van der Waals surface area contributed by atoms with Crippen LogP contribution in [-0.4, -0.2) is 15.2 Å². The van der Waals surface area contributed by atoms with Crippen LogP contribution >= 0.6 is 0 Å². The van der Waals surface area contributed by atoms with Crippen molar-refractivity contribution in [3.63, 3.8) is 0 Å². The van der Waals surface area contributed by atoms with E-state index >= 15 is 0 Å². The van der Waals surface area contributed by atoms with Gasteiger partial charge in [-0.3, -0.25) is 5.10 Å². The van der Waals surface area contributed by atoms with Gasteiger partial charge in [-0.2, -0.15) is 5.10 Å². The first kappa shape index (κ1) is 9.50. The van der Waals surface area contributed by atoms with Gasteiger partial charge in [0.15, 0.2) is 23.3 Å². The van der Waals surface area contributed by atoms with E-state index in [2.05, 4.69) is 15.2 Å². The molecule has 7 heteroatoms. The van der Waals surface area contributed by atoms with Crippen molar-refractivity contribution in [1.29, 1.82) is 0 Å². The fourth-order valence-corrected chi connectivity index (χ4v) is 1.13. The van der Waals surface area contributed by atoms with Crippen molar-refractivity contribution in [2.45, 2.75) is 0 Å². The predicted octanol–water partition coefficient (Wildman–Crippen LogP) is 1.47. The van der Waals surface area contributed by atoms with E-state index in [1.807, 2.05) is 0 Å². The highest BCUT2D eigenvalue weighted by Gasteiger charge is 2.19. The number of aromatic amines is 1. The lowest BCUT2D eigenvalue weighted by Crippen LogP contribution is -2.01. The Morgan fingerprint density at radius 3 is 2.47 bits per heavy atom. The standard InChI is InChI=1S/C8H5F3N4/c9-5-3(8-13-2-14-15-8)1-4(12)6(10)7(5)11/h1-2H,12H2,(H,13,14,15). The third-order valence-corrected chi connectivity index (χ3v) is 1.85. The molecule has 0 amide bonds. The molecule has 0 atom stereocenters. The van der Waals surface area contributed by atoms with E-state index in [0.29, 0.717) is 0 Å². The molecule has 0 radical (unpaired) electrons. The lowest BCUT2D eigenvalue weighted by atomic mass is 10.1. The van der Waals surface area contributed by atoms with Crippen LogP contribution in [-0.2, 0) is 0 Å². The first-order valence-electron chi connectivity index (χ1n) is 3.90. The van der Waals surface area contributed by atoms with Gasteiger partial charge >= 0.3 is 0 Å². The number of nitrogens with one attached hydrogen (secondary N) is 1. The molecule has 0 aliphatic heterocycles. The highest BCUT2D eigenvalue weighted by atomic mass is 19.2. The largest absolute Gasteiger partial charge is 0.396 e. The van der Waals surface area contributed by atoms with Crippen LogP contribution in [0.4, 0.5) is 18.9 Å². The summed E-state index contributed by atoms with van der Waals surface area (Å²) in [4.78, 5) is 3.61. The van der Waals surface area contributed by atoms with Crippen LogP contribution in [0.1, 0.15) is 0 Å². The average Bonchev–Trinajstić information content (AvgIpc) is 2.73. The van der Waals surface area contributed by atoms with E-state index in [4.69, 9.17) is 5.73 Å². The smallest absolute Gasteiger partial charge is 0.197 e. The summed E-state index contributed by atoms with van der Waals surface area (Å²) in [5.74, 6) is -4.39. The molecule has 2 rings (SSSR count). The second-order valence-electron chi connectivity index (χ2n) is 2.79. The first-order chi connectivity index (χ1) is 7.11. The Hall–Kier alpha value is -2.05. The van der Waals surface area contributed by atoms with Crippen LogP contribution in [0, 0.1) is 17.5 Å². The number of hydrogen-bond donors (Lipinski definition) is 2. The molecule has 0 bridgehead atoms. The van der Waals surface area contributed by atoms with Crippen LogP contribution in [0.5, 0.6) is 0 Å². The fourth-order valence-electron chi connectivity index (χ4n) is 1.13. The van der Waals surface area contributed by atoms with Crippen molar-refractivity contribution >= 4 is 5.69 Å². The molecule has 0 aliphatic carbocycles. The number of halogens is 3. The third kappa shape index (κ3) is 1.41. The molecule has 78 valence electrons. The summed E-state index contributed by atoms with van der Waals surface area (Å²) in [6.07, 6.45) is 1.12. The normalized spacial score (nSPS) is 10.6. The molecule has 0 spiro atoms. The molecule has 1 heterocycles. The van der Waals surface area contributed by atoms with E-state index in [9.17, 15) is 13.2 Å². The summed E-state index contributed by atoms with van der Waals surface area (Å²) in [5, 5.41) is 5.78. The number of nitrogens with zero attached hydrogens (tertiary/aromatic N) is 2. The van der Waals surface area contributed by atoms with Crippen molar-refractivity contribution < 1.29 is 13.2 Å². The van der Waals surface area contributed by atoms with Gasteiger partial charge < -0.3 is 5.73 Å². The topological polar surface area (TPSA) is 67.6 Å². The number of nitrogen functional groups attached to an aromatic ring is 1. The average molecular weight is 214 g/mol. The fraction of sp³-hybridized carbons (Fsp3) is 0. The maximum Gasteiger partial charge on any atom is 0.197 e. The summed E-state index contributed by atoms with van der Waals surface area (Å²) in [6.45, 7) is 0. The van der Waals surface area contributed by atoms with E-state index in [1.165, 1.54) is 0 Å². The van der Waals surface area contributed by atoms with Gasteiger partial charge in [-0.05, 0) is 6.07 Å². The predicted molar refractivity (Wildman–Crippen MR) is 46.1 cm³/mol. The number of nitrogens with two attached hydrogens (primary N) is 1. The number of hydrogen-bond acceptors (Lipinski definition) is 3. The second kappa shape index (κ2) is 3.26. The SMILES string of the molecule is Nc1cc(-c2ncn[nH]2)c(F)c(F)c1F. The van der Waals surface area contributed by atoms with Crippen molar-refractivity contribution in [3.8, 4) is 11.4 Å². The zero-order chi connectivity index (χ0) is 11.0. The molecule has 1 aromatic heterocycles. The summed E-state index contributed by atoms with van der Waals surface area (Å²) in [6, 6.07) is 0.953. The Kier molecular flexibility index (Phi) is 2.07. The molecule has 1 aromatic carbocycles. The van der Waals surface area contributed by atoms with Gasteiger partial charge in [-0.15, -0.1) is 0 Å². The Labute approximate surface area is 81.9 Å². The maximum absolute atomic E-state index is 13.2. The monoisotopic (exact) mass is 214 g/mol. The van der Waals surface area contributed by atoms with Gasteiger partial charge in [0, 0.05) is 0 Å². The molecule has 0 saturated heterocycles. The maximum atomic E-state index is 13.2. The van der Waals surface area contributed by atoms with Crippen molar-refractivity contribution in [1.82, 2.24) is 15.2 Å². The molecule has 3 N–H and O–H groups in total. The Morgan fingerprint density at radius 2 is 1.87 bits per heavy atom. The number of benzene rings is 1. The molecule has 0 unspecified atom stereocenters. The van der Waals surface area contributed by atoms with E-state index in [1.54, 1.807) is 0 Å². The highest BCUT2D eigenvalue weighted by molar-refractivity contribution is 5.62. The summed E-state index contributed by atoms with van der Waals surface area (Å²) in [5.41, 5.74) is 4.41. The summed E-state index contributed by atoms with van der Waals surface area (Å²) >= 11 is 0. The third-order valence-electron chi connectivity index (χ3n) is 1.85. The van der Waals surface area contributed by atoms with Crippen LogP contribution in [0.25, 0.3) is 11.4 Å². The van der Waals surface area contributed by atoms with Gasteiger partial charge in [0.2, 0.25) is 0 Å². The molecule has 0 aliphatic rings. The second-order valence-corrected chi connectivity index (χ2v) is 2.79. The molecule has 4 nitrogen and oxygen atoms in total. The van der Waals surface area contributed by atoms with Crippen LogP contribution in [0.2, 0.25) is 0 Å². The summed E-state index contributed by atoms with van der Waals surface area (Å²) < 4.78 is 39.0. The van der Waals surface area contributed by atoms with Crippen LogP contribution < -0.4 is 5.73 Å². The van der Waals surface area contributed by atoms with Gasteiger partial charge in [0.1, 0.15) is 6.33 Å². The minimum absolute atomic E-state index is 0.0156. The number of anilines is 1. The number of aromatic nitrogens is 3. The quantitative estimate of drug-likeness (QED) is 0.558. The molecule has 15 heavy (non-hydrogen) atoms. The van der Waals surface area contributed by atoms with Crippen LogP contribution in [0.15, 0.2) is 12.4 Å². The van der Waals surface area contributed by atoms with Gasteiger partial charge in [0.25, 0.3) is 0 Å². The van der Waals surface area contributed by atoms with Crippen molar-refractivity contribution in [2.24, 2.45) is 0 Å². The minimum Gasteiger partial charge on any atom is -0.396 e. The number of H-pyrrole nitrogens is 1. The van der Waals surface area contributed by atoms with Gasteiger partial charge in [0.05, 0.1) is 11.3 Å². The van der Waals surface area contributed by atoms with Gasteiger partial charge in [-0.1, -0.05) is 0 Å².